The number of aliphatic hydroxyl groups excluding tert-OH is 1. The molecule has 2 aromatic carbocycles. The smallest absolute Gasteiger partial charge is 0.337 e. The van der Waals surface area contributed by atoms with E-state index in [2.05, 4.69) is 27.1 Å². The van der Waals surface area contributed by atoms with Crippen LogP contribution in [0.25, 0.3) is 0 Å². The first-order chi connectivity index (χ1) is 20.3. The molecule has 0 saturated carbocycles. The molecule has 0 radical (unpaired) electrons. The van der Waals surface area contributed by atoms with Gasteiger partial charge in [0, 0.05) is 56.8 Å². The molecule has 0 unspecified atom stereocenters. The zero-order chi connectivity index (χ0) is 29.8. The van der Waals surface area contributed by atoms with Gasteiger partial charge in [0.25, 0.3) is 0 Å². The van der Waals surface area contributed by atoms with Gasteiger partial charge in [-0.3, -0.25) is 9.80 Å². The first kappa shape index (κ1) is 29.3. The van der Waals surface area contributed by atoms with Crippen molar-refractivity contribution in [1.82, 2.24) is 14.9 Å². The van der Waals surface area contributed by atoms with Gasteiger partial charge in [-0.05, 0) is 69.5 Å². The number of carbonyl (C=O) groups is 2. The van der Waals surface area contributed by atoms with Crippen LogP contribution in [0, 0.1) is 13.8 Å². The van der Waals surface area contributed by atoms with Crippen molar-refractivity contribution in [2.24, 2.45) is 0 Å². The van der Waals surface area contributed by atoms with Gasteiger partial charge in [-0.15, -0.1) is 0 Å². The third-order valence-electron chi connectivity index (χ3n) is 7.96. The number of piperazine rings is 1. The van der Waals surface area contributed by atoms with Crippen LogP contribution in [0.15, 0.2) is 42.6 Å². The number of nitrogens with zero attached hydrogens (tertiary/aromatic N) is 6. The second-order valence-corrected chi connectivity index (χ2v) is 11.0. The van der Waals surface area contributed by atoms with Crippen LogP contribution in [0.3, 0.4) is 0 Å². The molecule has 42 heavy (non-hydrogen) atoms. The molecular formula is C31H39N7O4. The van der Waals surface area contributed by atoms with Crippen LogP contribution in [-0.4, -0.2) is 83.5 Å². The summed E-state index contributed by atoms with van der Waals surface area (Å²) in [6, 6.07) is 11.1. The quantitative estimate of drug-likeness (QED) is 0.303. The third-order valence-corrected chi connectivity index (χ3v) is 7.96. The van der Waals surface area contributed by atoms with Crippen molar-refractivity contribution in [2.75, 3.05) is 66.4 Å². The SMILES string of the molecule is Cc1cccc(C)c1N1Cc2cnc(Nc3ccc(N4CCN(C)CC4)c(C(=O)O)c3)nc2N(CCCCCO)C1=O. The Balaban J connectivity index is 1.43. The first-order valence-electron chi connectivity index (χ1n) is 14.5. The molecule has 11 heteroatoms. The summed E-state index contributed by atoms with van der Waals surface area (Å²) in [6.45, 7) is 8.18. The number of carbonyl (C=O) groups excluding carboxylic acids is 1. The lowest BCUT2D eigenvalue weighted by molar-refractivity contribution is 0.0697. The summed E-state index contributed by atoms with van der Waals surface area (Å²) in [5.41, 5.74) is 5.20. The predicted molar refractivity (Wildman–Crippen MR) is 164 cm³/mol. The van der Waals surface area contributed by atoms with E-state index in [4.69, 9.17) is 4.98 Å². The van der Waals surface area contributed by atoms with E-state index >= 15 is 0 Å². The number of hydrogen-bond donors (Lipinski definition) is 3. The minimum absolute atomic E-state index is 0.112. The van der Waals surface area contributed by atoms with Crippen molar-refractivity contribution in [3.8, 4) is 0 Å². The average Bonchev–Trinajstić information content (AvgIpc) is 2.97. The van der Waals surface area contributed by atoms with Gasteiger partial charge in [-0.1, -0.05) is 18.2 Å². The molecule has 3 N–H and O–H groups in total. The first-order valence-corrected chi connectivity index (χ1v) is 14.5. The number of rotatable bonds is 10. The number of urea groups is 1. The molecule has 0 aliphatic carbocycles. The number of carboxylic acids is 1. The summed E-state index contributed by atoms with van der Waals surface area (Å²) in [7, 11) is 2.06. The Morgan fingerprint density at radius 2 is 1.76 bits per heavy atom. The fraction of sp³-hybridized carbons (Fsp3) is 0.419. The van der Waals surface area contributed by atoms with Gasteiger partial charge in [0.05, 0.1) is 23.5 Å². The van der Waals surface area contributed by atoms with Crippen molar-refractivity contribution in [3.05, 3.63) is 64.8 Å². The molecule has 2 aliphatic rings. The van der Waals surface area contributed by atoms with E-state index in [0.717, 1.165) is 61.4 Å². The molecule has 0 bridgehead atoms. The zero-order valence-corrected chi connectivity index (χ0v) is 24.5. The third kappa shape index (κ3) is 6.17. The maximum absolute atomic E-state index is 13.9. The van der Waals surface area contributed by atoms with Crippen LogP contribution in [-0.2, 0) is 6.54 Å². The second kappa shape index (κ2) is 12.7. The van der Waals surface area contributed by atoms with Crippen molar-refractivity contribution >= 4 is 40.8 Å². The van der Waals surface area contributed by atoms with Crippen LogP contribution < -0.4 is 20.0 Å². The van der Waals surface area contributed by atoms with Gasteiger partial charge in [-0.25, -0.2) is 14.6 Å². The number of para-hydroxylation sites is 1. The number of aromatic nitrogens is 2. The van der Waals surface area contributed by atoms with E-state index in [1.54, 1.807) is 22.1 Å². The molecule has 1 fully saturated rings. The number of benzene rings is 2. The number of fused-ring (bicyclic) bond motifs is 1. The fourth-order valence-electron chi connectivity index (χ4n) is 5.68. The van der Waals surface area contributed by atoms with E-state index in [1.807, 2.05) is 44.2 Å². The summed E-state index contributed by atoms with van der Waals surface area (Å²) in [5.74, 6) is -0.173. The van der Waals surface area contributed by atoms with E-state index in [1.165, 1.54) is 0 Å². The predicted octanol–water partition coefficient (Wildman–Crippen LogP) is 4.40. The Morgan fingerprint density at radius 3 is 2.45 bits per heavy atom. The number of hydrogen-bond acceptors (Lipinski definition) is 8. The Kier molecular flexibility index (Phi) is 8.89. The Hall–Kier alpha value is -4.22. The molecule has 3 aromatic rings. The lowest BCUT2D eigenvalue weighted by Crippen LogP contribution is -2.48. The minimum Gasteiger partial charge on any atom is -0.478 e. The Labute approximate surface area is 246 Å². The number of carboxylic acid groups (broad SMARTS) is 1. The summed E-state index contributed by atoms with van der Waals surface area (Å²) < 4.78 is 0. The summed E-state index contributed by atoms with van der Waals surface area (Å²) in [6.07, 6.45) is 3.90. The monoisotopic (exact) mass is 573 g/mol. The molecule has 222 valence electrons. The van der Waals surface area contributed by atoms with Crippen molar-refractivity contribution in [2.45, 2.75) is 39.7 Å². The molecule has 3 heterocycles. The number of unbranched alkanes of at least 4 members (excludes halogenated alkanes) is 2. The summed E-state index contributed by atoms with van der Waals surface area (Å²) in [5, 5.41) is 22.4. The van der Waals surface area contributed by atoms with Gasteiger partial charge < -0.3 is 25.3 Å². The molecule has 5 rings (SSSR count). The molecule has 1 aromatic heterocycles. The molecule has 2 amide bonds. The summed E-state index contributed by atoms with van der Waals surface area (Å²) >= 11 is 0. The highest BCUT2D eigenvalue weighted by Gasteiger charge is 2.34. The molecular weight excluding hydrogens is 534 g/mol. The zero-order valence-electron chi connectivity index (χ0n) is 24.5. The largest absolute Gasteiger partial charge is 0.478 e. The highest BCUT2D eigenvalue weighted by molar-refractivity contribution is 6.06. The lowest BCUT2D eigenvalue weighted by Gasteiger charge is -2.37. The molecule has 0 atom stereocenters. The topological polar surface area (TPSA) is 125 Å². The second-order valence-electron chi connectivity index (χ2n) is 11.0. The number of amides is 2. The van der Waals surface area contributed by atoms with Gasteiger partial charge in [0.2, 0.25) is 5.95 Å². The van der Waals surface area contributed by atoms with Crippen LogP contribution in [0.2, 0.25) is 0 Å². The number of aryl methyl sites for hydroxylation is 2. The Morgan fingerprint density at radius 1 is 1.02 bits per heavy atom. The average molecular weight is 574 g/mol. The fourth-order valence-corrected chi connectivity index (χ4v) is 5.68. The van der Waals surface area contributed by atoms with Crippen LogP contribution in [0.1, 0.15) is 46.3 Å². The molecule has 2 aliphatic heterocycles. The number of anilines is 5. The maximum Gasteiger partial charge on any atom is 0.337 e. The number of aliphatic hydroxyl groups is 1. The molecule has 0 spiro atoms. The molecule has 1 saturated heterocycles. The molecule has 11 nitrogen and oxygen atoms in total. The van der Waals surface area contributed by atoms with Gasteiger partial charge in [0.15, 0.2) is 0 Å². The van der Waals surface area contributed by atoms with Gasteiger partial charge >= 0.3 is 12.0 Å². The van der Waals surface area contributed by atoms with Crippen molar-refractivity contribution in [3.63, 3.8) is 0 Å². The van der Waals surface area contributed by atoms with E-state index in [-0.39, 0.29) is 24.1 Å². The standard InChI is InChI=1S/C31H39N7O4/c1-21-8-7-9-22(2)27(21)38-20-23-19-32-30(34-28(23)37(31(38)42)12-5-4-6-17-39)33-24-10-11-26(25(18-24)29(40)41)36-15-13-35(3)14-16-36/h7-11,18-19,39H,4-6,12-17,20H2,1-3H3,(H,40,41)(H,32,33,34). The minimum atomic E-state index is -0.995. The number of nitrogens with one attached hydrogen (secondary N) is 1. The highest BCUT2D eigenvalue weighted by Crippen LogP contribution is 2.35. The van der Waals surface area contributed by atoms with Crippen molar-refractivity contribution < 1.29 is 19.8 Å². The maximum atomic E-state index is 13.9. The van der Waals surface area contributed by atoms with Crippen LogP contribution >= 0.6 is 0 Å². The van der Waals surface area contributed by atoms with E-state index < -0.39 is 5.97 Å². The number of likely N-dealkylation sites (N-methyl/N-ethyl adjacent to an activating group) is 1. The van der Waals surface area contributed by atoms with Crippen LogP contribution in [0.5, 0.6) is 0 Å². The summed E-state index contributed by atoms with van der Waals surface area (Å²) in [4.78, 5) is 43.2. The highest BCUT2D eigenvalue weighted by atomic mass is 16.4. The van der Waals surface area contributed by atoms with Crippen molar-refractivity contribution in [1.29, 1.82) is 0 Å². The normalized spacial score (nSPS) is 15.6. The Bertz CT molecular complexity index is 1430. The van der Waals surface area contributed by atoms with Crippen LogP contribution in [0.4, 0.5) is 33.6 Å². The van der Waals surface area contributed by atoms with Gasteiger partial charge in [-0.2, -0.15) is 4.98 Å². The van der Waals surface area contributed by atoms with E-state index in [9.17, 15) is 19.8 Å². The lowest BCUT2D eigenvalue weighted by atomic mass is 10.1. The van der Waals surface area contributed by atoms with Gasteiger partial charge in [0.1, 0.15) is 5.82 Å². The van der Waals surface area contributed by atoms with E-state index in [0.29, 0.717) is 36.7 Å². The number of aromatic carboxylic acids is 1.